The van der Waals surface area contributed by atoms with E-state index in [1.165, 1.54) is 12.6 Å². The number of carbonyl (C=O) groups excluding carboxylic acids is 3. The number of rotatable bonds is 7. The fourth-order valence-corrected chi connectivity index (χ4v) is 5.34. The number of hydrogen-bond acceptors (Lipinski definition) is 8. The van der Waals surface area contributed by atoms with Crippen LogP contribution in [-0.4, -0.2) is 52.2 Å². The molecule has 1 N–H and O–H groups in total. The Balaban J connectivity index is 0.00000107. The maximum absolute atomic E-state index is 14.9. The predicted molar refractivity (Wildman–Crippen MR) is 135 cm³/mol. The molecule has 6 rings (SSSR count). The Morgan fingerprint density at radius 1 is 1.24 bits per heavy atom. The minimum absolute atomic E-state index is 0.250. The summed E-state index contributed by atoms with van der Waals surface area (Å²) < 4.78 is 32.6. The van der Waals surface area contributed by atoms with Gasteiger partial charge in [-0.1, -0.05) is 6.92 Å². The molecule has 0 radical (unpaired) electrons. The number of alkyl carbamates (subject to hydrolysis) is 1. The molecule has 0 spiro atoms. The Morgan fingerprint density at radius 2 is 1.92 bits per heavy atom. The van der Waals surface area contributed by atoms with Crippen molar-refractivity contribution in [3.8, 4) is 5.88 Å². The van der Waals surface area contributed by atoms with Crippen LogP contribution in [0.15, 0.2) is 18.3 Å². The molecule has 9 nitrogen and oxygen atoms in total. The second-order valence-corrected chi connectivity index (χ2v) is 11.8. The molecule has 10 heteroatoms. The molecule has 206 valence electrons. The van der Waals surface area contributed by atoms with Gasteiger partial charge in [0.1, 0.15) is 11.4 Å². The topological polar surface area (TPSA) is 117 Å². The lowest BCUT2D eigenvalue weighted by Crippen LogP contribution is -2.63. The second kappa shape index (κ2) is 10.9. The number of amides is 1. The first-order valence-electron chi connectivity index (χ1n) is 13.2. The third-order valence-corrected chi connectivity index (χ3v) is 7.83. The van der Waals surface area contributed by atoms with Gasteiger partial charge in [-0.2, -0.15) is 9.59 Å². The lowest BCUT2D eigenvalue weighted by molar-refractivity contribution is -0.191. The van der Waals surface area contributed by atoms with Crippen LogP contribution >= 0.6 is 0 Å². The molecular formula is C28H36FN3O6. The quantitative estimate of drug-likeness (QED) is 0.546. The fourth-order valence-electron chi connectivity index (χ4n) is 5.34. The summed E-state index contributed by atoms with van der Waals surface area (Å²) in [6, 6.07) is 3.66. The highest BCUT2D eigenvalue weighted by Gasteiger charge is 2.50. The molecule has 2 aliphatic carbocycles. The first kappa shape index (κ1) is 27.9. The van der Waals surface area contributed by atoms with Crippen molar-refractivity contribution in [3.63, 3.8) is 0 Å². The van der Waals surface area contributed by atoms with Crippen LogP contribution in [0.25, 0.3) is 11.0 Å². The summed E-state index contributed by atoms with van der Waals surface area (Å²) in [5.74, 6) is 1.46. The zero-order valence-corrected chi connectivity index (χ0v) is 22.5. The van der Waals surface area contributed by atoms with Gasteiger partial charge in [-0.25, -0.2) is 14.2 Å². The third-order valence-electron chi connectivity index (χ3n) is 7.83. The number of aryl methyl sites for hydroxylation is 1. The van der Waals surface area contributed by atoms with E-state index in [4.69, 9.17) is 23.8 Å². The summed E-state index contributed by atoms with van der Waals surface area (Å²) in [6.07, 6.45) is 6.78. The molecule has 38 heavy (non-hydrogen) atoms. The van der Waals surface area contributed by atoms with Crippen LogP contribution in [0.1, 0.15) is 71.8 Å². The molecule has 2 aromatic heterocycles. The average molecular weight is 530 g/mol. The standard InChI is InChI=1S/C27H36FN3O4.CO2/c1-17-13-18(17)15-33-22-6-5-21-23(30-22)19(20(28)14-29-21)7-8-27-11-9-26(10-12-27,16-34-27)31-24(32)35-25(2,3)4;2-1-3/h5-6,14,17-18H,7-13,15-16H2,1-4H3,(H,31,32);/t17-,18+,26?,27?;/m0./s1. The van der Waals surface area contributed by atoms with Gasteiger partial charge in [-0.15, -0.1) is 0 Å². The molecule has 0 unspecified atom stereocenters. The van der Waals surface area contributed by atoms with Gasteiger partial charge in [-0.05, 0) is 83.6 Å². The molecule has 4 aliphatic rings. The first-order chi connectivity index (χ1) is 18.0. The summed E-state index contributed by atoms with van der Waals surface area (Å²) in [5.41, 5.74) is 0.560. The van der Waals surface area contributed by atoms with Crippen molar-refractivity contribution in [3.05, 3.63) is 29.7 Å². The Labute approximate surface area is 221 Å². The normalized spacial score (nSPS) is 27.6. The third kappa shape index (κ3) is 6.66. The van der Waals surface area contributed by atoms with E-state index in [-0.39, 0.29) is 23.1 Å². The molecule has 2 saturated heterocycles. The Hall–Kier alpha value is -3.10. The van der Waals surface area contributed by atoms with Crippen LogP contribution in [0.2, 0.25) is 0 Å². The maximum Gasteiger partial charge on any atom is 0.408 e. The molecule has 4 fully saturated rings. The van der Waals surface area contributed by atoms with Crippen LogP contribution in [0.5, 0.6) is 5.88 Å². The highest BCUT2D eigenvalue weighted by Crippen LogP contribution is 2.46. The van der Waals surface area contributed by atoms with E-state index in [2.05, 4.69) is 22.2 Å². The van der Waals surface area contributed by atoms with Crippen molar-refractivity contribution >= 4 is 23.3 Å². The van der Waals surface area contributed by atoms with E-state index >= 15 is 0 Å². The molecule has 2 aliphatic heterocycles. The summed E-state index contributed by atoms with van der Waals surface area (Å²) in [4.78, 5) is 37.4. The van der Waals surface area contributed by atoms with E-state index in [1.54, 1.807) is 0 Å². The van der Waals surface area contributed by atoms with Gasteiger partial charge in [0.05, 0.1) is 41.6 Å². The lowest BCUT2D eigenvalue weighted by atomic mass is 9.69. The van der Waals surface area contributed by atoms with Crippen molar-refractivity contribution < 1.29 is 33.0 Å². The van der Waals surface area contributed by atoms with E-state index in [9.17, 15) is 9.18 Å². The number of ether oxygens (including phenoxy) is 3. The predicted octanol–water partition coefficient (Wildman–Crippen LogP) is 4.76. The summed E-state index contributed by atoms with van der Waals surface area (Å²) >= 11 is 0. The molecule has 2 bridgehead atoms. The molecular weight excluding hydrogens is 493 g/mol. The number of fused-ring (bicyclic) bond motifs is 4. The van der Waals surface area contributed by atoms with Crippen LogP contribution < -0.4 is 10.1 Å². The highest BCUT2D eigenvalue weighted by atomic mass is 19.1. The van der Waals surface area contributed by atoms with Gasteiger partial charge in [0.25, 0.3) is 0 Å². The van der Waals surface area contributed by atoms with Crippen molar-refractivity contribution in [2.24, 2.45) is 11.8 Å². The van der Waals surface area contributed by atoms with E-state index in [1.807, 2.05) is 32.9 Å². The Bertz CT molecular complexity index is 1180. The minimum atomic E-state index is -0.540. The summed E-state index contributed by atoms with van der Waals surface area (Å²) in [6.45, 7) is 8.87. The van der Waals surface area contributed by atoms with Crippen molar-refractivity contribution in [2.75, 3.05) is 13.2 Å². The molecule has 2 saturated carbocycles. The van der Waals surface area contributed by atoms with Gasteiger partial charge in [0.2, 0.25) is 5.88 Å². The molecule has 0 aromatic carbocycles. The van der Waals surface area contributed by atoms with Crippen molar-refractivity contribution in [1.29, 1.82) is 0 Å². The van der Waals surface area contributed by atoms with Crippen LogP contribution in [-0.2, 0) is 25.5 Å². The van der Waals surface area contributed by atoms with Gasteiger partial charge >= 0.3 is 12.2 Å². The summed E-state index contributed by atoms with van der Waals surface area (Å²) in [5, 5.41) is 3.06. The van der Waals surface area contributed by atoms with Crippen molar-refractivity contribution in [2.45, 2.75) is 89.4 Å². The Kier molecular flexibility index (Phi) is 8.04. The van der Waals surface area contributed by atoms with Crippen LogP contribution in [0.3, 0.4) is 0 Å². The monoisotopic (exact) mass is 529 g/mol. The van der Waals surface area contributed by atoms with E-state index in [0.717, 1.165) is 25.7 Å². The van der Waals surface area contributed by atoms with E-state index in [0.29, 0.717) is 60.4 Å². The molecule has 4 heterocycles. The summed E-state index contributed by atoms with van der Waals surface area (Å²) in [7, 11) is 0. The molecule has 2 aromatic rings. The highest BCUT2D eigenvalue weighted by molar-refractivity contribution is 5.78. The number of nitrogens with zero attached hydrogens (tertiary/aromatic N) is 2. The second-order valence-electron chi connectivity index (χ2n) is 11.8. The van der Waals surface area contributed by atoms with Gasteiger partial charge < -0.3 is 19.5 Å². The van der Waals surface area contributed by atoms with Crippen molar-refractivity contribution in [1.82, 2.24) is 15.3 Å². The fraction of sp³-hybridized carbons (Fsp3) is 0.643. The average Bonchev–Trinajstić information content (AvgIpc) is 3.57. The largest absolute Gasteiger partial charge is 0.477 e. The molecule has 2 atom stereocenters. The zero-order valence-electron chi connectivity index (χ0n) is 22.5. The van der Waals surface area contributed by atoms with Gasteiger partial charge in [-0.3, -0.25) is 4.98 Å². The number of nitrogens with one attached hydrogen (secondary N) is 1. The minimum Gasteiger partial charge on any atom is -0.477 e. The molecule has 1 amide bonds. The maximum atomic E-state index is 14.9. The van der Waals surface area contributed by atoms with Crippen LogP contribution in [0, 0.1) is 17.7 Å². The smallest absolute Gasteiger partial charge is 0.408 e. The Morgan fingerprint density at radius 3 is 2.50 bits per heavy atom. The first-order valence-corrected chi connectivity index (χ1v) is 13.2. The number of hydrogen-bond donors (Lipinski definition) is 1. The number of halogens is 1. The number of carbonyl (C=O) groups is 1. The van der Waals surface area contributed by atoms with Gasteiger partial charge in [0, 0.05) is 11.6 Å². The number of aromatic nitrogens is 2. The van der Waals surface area contributed by atoms with E-state index < -0.39 is 11.7 Å². The number of pyridine rings is 2. The van der Waals surface area contributed by atoms with Gasteiger partial charge in [0.15, 0.2) is 0 Å². The zero-order chi connectivity index (χ0) is 27.6. The SMILES string of the molecule is C[C@H]1C[C@@H]1COc1ccc2ncc(F)c(CCC34CCC(NC(=O)OC(C)(C)C)(CC3)CO4)c2n1.O=C=O. The van der Waals surface area contributed by atoms with Crippen LogP contribution in [0.4, 0.5) is 9.18 Å². The lowest BCUT2D eigenvalue weighted by Gasteiger charge is -2.53.